The molecule has 2 amide bonds. The molecular formula is C26H24N2O3. The number of ether oxygens (including phenoxy) is 1. The van der Waals surface area contributed by atoms with Crippen LogP contribution in [0.5, 0.6) is 5.75 Å². The number of methoxy groups -OCH3 is 1. The number of imide groups is 1. The molecule has 0 saturated carbocycles. The van der Waals surface area contributed by atoms with Crippen LogP contribution in [0, 0.1) is 20.8 Å². The Bertz CT molecular complexity index is 1190. The lowest BCUT2D eigenvalue weighted by Crippen LogP contribution is -2.32. The van der Waals surface area contributed by atoms with Crippen LogP contribution in [0.3, 0.4) is 0 Å². The van der Waals surface area contributed by atoms with Gasteiger partial charge in [-0.3, -0.25) is 9.59 Å². The van der Waals surface area contributed by atoms with Gasteiger partial charge in [-0.25, -0.2) is 4.90 Å². The molecular weight excluding hydrogens is 388 g/mol. The second-order valence-corrected chi connectivity index (χ2v) is 7.70. The number of carbonyl (C=O) groups excluding carboxylic acids is 2. The summed E-state index contributed by atoms with van der Waals surface area (Å²) in [5.74, 6) is -0.0497. The average molecular weight is 412 g/mol. The topological polar surface area (TPSA) is 58.6 Å². The van der Waals surface area contributed by atoms with Gasteiger partial charge >= 0.3 is 0 Å². The lowest BCUT2D eigenvalue weighted by atomic mass is 10.0. The minimum Gasteiger partial charge on any atom is -0.497 e. The highest BCUT2D eigenvalue weighted by Gasteiger charge is 2.40. The van der Waals surface area contributed by atoms with Crippen LogP contribution in [0.1, 0.15) is 22.3 Å². The van der Waals surface area contributed by atoms with E-state index in [0.717, 1.165) is 22.4 Å². The van der Waals surface area contributed by atoms with E-state index in [2.05, 4.69) is 5.32 Å². The Hall–Kier alpha value is -3.86. The lowest BCUT2D eigenvalue weighted by Gasteiger charge is -2.16. The van der Waals surface area contributed by atoms with E-state index in [0.29, 0.717) is 22.6 Å². The van der Waals surface area contributed by atoms with Crippen molar-refractivity contribution in [3.8, 4) is 5.75 Å². The maximum atomic E-state index is 13.5. The predicted molar refractivity (Wildman–Crippen MR) is 123 cm³/mol. The smallest absolute Gasteiger partial charge is 0.282 e. The largest absolute Gasteiger partial charge is 0.497 e. The van der Waals surface area contributed by atoms with Crippen molar-refractivity contribution in [1.29, 1.82) is 0 Å². The first-order valence-corrected chi connectivity index (χ1v) is 10.1. The van der Waals surface area contributed by atoms with Crippen molar-refractivity contribution in [3.05, 3.63) is 94.7 Å². The number of nitrogens with zero attached hydrogens (tertiary/aromatic N) is 1. The predicted octanol–water partition coefficient (Wildman–Crippen LogP) is 5.02. The zero-order chi connectivity index (χ0) is 22.1. The molecule has 0 aromatic heterocycles. The molecule has 156 valence electrons. The molecule has 4 rings (SSSR count). The average Bonchev–Trinajstić information content (AvgIpc) is 3.00. The fourth-order valence-corrected chi connectivity index (χ4v) is 3.69. The molecule has 1 aliphatic rings. The van der Waals surface area contributed by atoms with E-state index in [1.807, 2.05) is 51.1 Å². The molecule has 1 heterocycles. The molecule has 0 saturated heterocycles. The van der Waals surface area contributed by atoms with Crippen molar-refractivity contribution in [2.45, 2.75) is 20.8 Å². The second kappa shape index (κ2) is 8.11. The second-order valence-electron chi connectivity index (χ2n) is 7.70. The third kappa shape index (κ3) is 3.82. The summed E-state index contributed by atoms with van der Waals surface area (Å²) in [7, 11) is 1.59. The van der Waals surface area contributed by atoms with Gasteiger partial charge in [-0.1, -0.05) is 47.5 Å². The quantitative estimate of drug-likeness (QED) is 0.598. The monoisotopic (exact) mass is 412 g/mol. The number of benzene rings is 3. The summed E-state index contributed by atoms with van der Waals surface area (Å²) in [6.45, 7) is 5.95. The summed E-state index contributed by atoms with van der Waals surface area (Å²) in [5, 5.41) is 3.24. The number of aryl methyl sites for hydroxylation is 3. The number of rotatable bonds is 5. The Morgan fingerprint density at radius 3 is 2.03 bits per heavy atom. The molecule has 3 aromatic carbocycles. The molecule has 0 unspecified atom stereocenters. The molecule has 0 bridgehead atoms. The molecule has 1 aliphatic heterocycles. The van der Waals surface area contributed by atoms with Crippen molar-refractivity contribution < 1.29 is 14.3 Å². The molecule has 31 heavy (non-hydrogen) atoms. The van der Waals surface area contributed by atoms with Crippen LogP contribution in [0.4, 0.5) is 11.4 Å². The summed E-state index contributed by atoms with van der Waals surface area (Å²) in [6.07, 6.45) is 0. The third-order valence-electron chi connectivity index (χ3n) is 5.40. The van der Waals surface area contributed by atoms with E-state index >= 15 is 0 Å². The van der Waals surface area contributed by atoms with Crippen LogP contribution < -0.4 is 15.0 Å². The Balaban J connectivity index is 1.82. The van der Waals surface area contributed by atoms with Crippen molar-refractivity contribution in [1.82, 2.24) is 0 Å². The zero-order valence-corrected chi connectivity index (χ0v) is 18.0. The van der Waals surface area contributed by atoms with Gasteiger partial charge in [0, 0.05) is 5.69 Å². The van der Waals surface area contributed by atoms with Crippen LogP contribution in [0.15, 0.2) is 72.4 Å². The molecule has 5 nitrogen and oxygen atoms in total. The maximum absolute atomic E-state index is 13.5. The number of hydrogen-bond donors (Lipinski definition) is 1. The lowest BCUT2D eigenvalue weighted by molar-refractivity contribution is -0.120. The standard InChI is InChI=1S/C26H24N2O3/c1-16-5-10-20(11-6-16)28-25(29)23(19-8-12-21(31-4)13-9-19)24(26(28)30)27-22-14-7-17(2)15-18(22)3/h5-15,27H,1-4H3. The summed E-state index contributed by atoms with van der Waals surface area (Å²) in [6, 6.07) is 20.4. The molecule has 0 atom stereocenters. The van der Waals surface area contributed by atoms with Crippen molar-refractivity contribution in [2.24, 2.45) is 0 Å². The van der Waals surface area contributed by atoms with Crippen LogP contribution in [0.25, 0.3) is 5.57 Å². The molecule has 3 aromatic rings. The fraction of sp³-hybridized carbons (Fsp3) is 0.154. The van der Waals surface area contributed by atoms with Gasteiger partial charge < -0.3 is 10.1 Å². The number of amides is 2. The van der Waals surface area contributed by atoms with Gasteiger partial charge in [-0.2, -0.15) is 0 Å². The highest BCUT2D eigenvalue weighted by atomic mass is 16.5. The summed E-state index contributed by atoms with van der Waals surface area (Å²) < 4.78 is 5.24. The maximum Gasteiger partial charge on any atom is 0.282 e. The van der Waals surface area contributed by atoms with Crippen LogP contribution in [-0.2, 0) is 9.59 Å². The fourth-order valence-electron chi connectivity index (χ4n) is 3.69. The van der Waals surface area contributed by atoms with Crippen molar-refractivity contribution in [2.75, 3.05) is 17.3 Å². The van der Waals surface area contributed by atoms with E-state index in [-0.39, 0.29) is 17.5 Å². The Morgan fingerprint density at radius 1 is 0.774 bits per heavy atom. The van der Waals surface area contributed by atoms with E-state index in [1.54, 1.807) is 43.5 Å². The minimum atomic E-state index is -0.375. The number of carbonyl (C=O) groups is 2. The molecule has 0 aliphatic carbocycles. The SMILES string of the molecule is COc1ccc(C2=C(Nc3ccc(C)cc3C)C(=O)N(c3ccc(C)cc3)C2=O)cc1. The van der Waals surface area contributed by atoms with Gasteiger partial charge in [0.2, 0.25) is 0 Å². The normalized spacial score (nSPS) is 13.7. The molecule has 1 N–H and O–H groups in total. The van der Waals surface area contributed by atoms with Gasteiger partial charge in [0.15, 0.2) is 0 Å². The van der Waals surface area contributed by atoms with Crippen molar-refractivity contribution >= 4 is 28.8 Å². The van der Waals surface area contributed by atoms with E-state index in [1.165, 1.54) is 4.90 Å². The first-order chi connectivity index (χ1) is 14.9. The number of hydrogen-bond acceptors (Lipinski definition) is 4. The number of nitrogens with one attached hydrogen (secondary N) is 1. The molecule has 5 heteroatoms. The minimum absolute atomic E-state index is 0.266. The summed E-state index contributed by atoms with van der Waals surface area (Å²) in [4.78, 5) is 28.1. The van der Waals surface area contributed by atoms with E-state index < -0.39 is 0 Å². The summed E-state index contributed by atoms with van der Waals surface area (Å²) >= 11 is 0. The van der Waals surface area contributed by atoms with Crippen LogP contribution in [-0.4, -0.2) is 18.9 Å². The van der Waals surface area contributed by atoms with E-state index in [4.69, 9.17) is 4.74 Å². The number of anilines is 2. The Labute approximate surface area is 182 Å². The first kappa shape index (κ1) is 20.4. The Kier molecular flexibility index (Phi) is 5.34. The highest BCUT2D eigenvalue weighted by Crippen LogP contribution is 2.35. The molecule has 0 fully saturated rings. The van der Waals surface area contributed by atoms with Gasteiger partial charge in [-0.05, 0) is 62.2 Å². The van der Waals surface area contributed by atoms with Crippen LogP contribution >= 0.6 is 0 Å². The zero-order valence-electron chi connectivity index (χ0n) is 18.0. The first-order valence-electron chi connectivity index (χ1n) is 10.1. The summed E-state index contributed by atoms with van der Waals surface area (Å²) in [5.41, 5.74) is 5.78. The van der Waals surface area contributed by atoms with Crippen molar-refractivity contribution in [3.63, 3.8) is 0 Å². The van der Waals surface area contributed by atoms with Gasteiger partial charge in [0.1, 0.15) is 11.4 Å². The van der Waals surface area contributed by atoms with Gasteiger partial charge in [0.25, 0.3) is 11.8 Å². The van der Waals surface area contributed by atoms with E-state index in [9.17, 15) is 9.59 Å². The van der Waals surface area contributed by atoms with Gasteiger partial charge in [-0.15, -0.1) is 0 Å². The van der Waals surface area contributed by atoms with Crippen LogP contribution in [0.2, 0.25) is 0 Å². The third-order valence-corrected chi connectivity index (χ3v) is 5.40. The molecule has 0 spiro atoms. The van der Waals surface area contributed by atoms with Gasteiger partial charge in [0.05, 0.1) is 18.4 Å². The molecule has 0 radical (unpaired) electrons. The highest BCUT2D eigenvalue weighted by molar-refractivity contribution is 6.46. The Morgan fingerprint density at radius 2 is 1.42 bits per heavy atom.